The molecule has 1 N–H and O–H groups in total. The maximum absolute atomic E-state index is 12.4. The zero-order chi connectivity index (χ0) is 23.0. The zero-order valence-corrected chi connectivity index (χ0v) is 19.5. The number of piperidine rings is 1. The van der Waals surface area contributed by atoms with Gasteiger partial charge in [0.2, 0.25) is 11.8 Å². The smallest absolute Gasteiger partial charge is 0.244 e. The number of anilines is 2. The number of aromatic nitrogens is 1. The van der Waals surface area contributed by atoms with Crippen molar-refractivity contribution in [3.8, 4) is 0 Å². The summed E-state index contributed by atoms with van der Waals surface area (Å²) >= 11 is 1.37. The van der Waals surface area contributed by atoms with E-state index in [0.717, 1.165) is 38.2 Å². The summed E-state index contributed by atoms with van der Waals surface area (Å²) in [6.45, 7) is 4.41. The molecule has 2 heterocycles. The summed E-state index contributed by atoms with van der Waals surface area (Å²) in [4.78, 5) is 33.1. The molecule has 0 saturated carbocycles. The minimum absolute atomic E-state index is 0.109. The second-order valence-corrected chi connectivity index (χ2v) is 8.96. The molecule has 1 aliphatic heterocycles. The highest BCUT2D eigenvalue weighted by atomic mass is 32.1. The van der Waals surface area contributed by atoms with Gasteiger partial charge in [0.25, 0.3) is 0 Å². The van der Waals surface area contributed by atoms with Crippen LogP contribution >= 0.6 is 11.3 Å². The Morgan fingerprint density at radius 2 is 1.76 bits per heavy atom. The number of nitrogens with one attached hydrogen (secondary N) is 1. The van der Waals surface area contributed by atoms with Gasteiger partial charge in [0.15, 0.2) is 5.13 Å². The average molecular weight is 461 g/mol. The maximum atomic E-state index is 12.4. The van der Waals surface area contributed by atoms with Crippen molar-refractivity contribution in [2.24, 2.45) is 0 Å². The first-order valence-corrected chi connectivity index (χ1v) is 12.0. The molecule has 2 amide bonds. The molecule has 170 valence electrons. The molecule has 3 aromatic rings. The van der Waals surface area contributed by atoms with Gasteiger partial charge in [-0.25, -0.2) is 4.98 Å². The fourth-order valence-electron chi connectivity index (χ4n) is 3.95. The lowest BCUT2D eigenvalue weighted by Gasteiger charge is -2.32. The fourth-order valence-corrected chi connectivity index (χ4v) is 4.80. The number of hydrogen-bond acceptors (Lipinski definition) is 5. The van der Waals surface area contributed by atoms with Gasteiger partial charge in [0.05, 0.1) is 11.4 Å². The van der Waals surface area contributed by atoms with Crippen LogP contribution in [0.5, 0.6) is 0 Å². The Hall–Kier alpha value is -3.29. The third-order valence-corrected chi connectivity index (χ3v) is 6.46. The van der Waals surface area contributed by atoms with Gasteiger partial charge in [-0.3, -0.25) is 19.4 Å². The molecule has 1 saturated heterocycles. The van der Waals surface area contributed by atoms with Crippen LogP contribution in [-0.2, 0) is 16.1 Å². The highest BCUT2D eigenvalue weighted by molar-refractivity contribution is 7.14. The van der Waals surface area contributed by atoms with Crippen LogP contribution in [0, 0.1) is 0 Å². The number of rotatable bonds is 7. The second kappa shape index (κ2) is 11.0. The predicted molar refractivity (Wildman–Crippen MR) is 133 cm³/mol. The van der Waals surface area contributed by atoms with E-state index in [9.17, 15) is 9.59 Å². The molecular formula is C26H28N4O2S. The van der Waals surface area contributed by atoms with Gasteiger partial charge in [-0.15, -0.1) is 11.3 Å². The Labute approximate surface area is 198 Å². The zero-order valence-electron chi connectivity index (χ0n) is 18.7. The second-order valence-electron chi connectivity index (χ2n) is 8.12. The Balaban J connectivity index is 1.28. The molecular weight excluding hydrogens is 432 g/mol. The standard InChI is InChI=1S/C26H28N4O2S/c1-20(31)30(24-10-6-3-7-11-24)26-28-23(19-33-26)12-13-25(32)27-22-14-16-29(17-15-22)18-21-8-4-2-5-9-21/h2-13,19,22H,14-18H2,1H3,(H,27,32)/b13-12+. The lowest BCUT2D eigenvalue weighted by molar-refractivity contribution is -0.117. The summed E-state index contributed by atoms with van der Waals surface area (Å²) in [6.07, 6.45) is 5.11. The first-order valence-electron chi connectivity index (χ1n) is 11.1. The van der Waals surface area contributed by atoms with Crippen molar-refractivity contribution >= 4 is 40.0 Å². The molecule has 6 nitrogen and oxygen atoms in total. The number of likely N-dealkylation sites (tertiary alicyclic amines) is 1. The highest BCUT2D eigenvalue weighted by Crippen LogP contribution is 2.29. The summed E-state index contributed by atoms with van der Waals surface area (Å²) in [5.74, 6) is -0.222. The number of carbonyl (C=O) groups is 2. The fraction of sp³-hybridized carbons (Fsp3) is 0.269. The van der Waals surface area contributed by atoms with E-state index in [1.165, 1.54) is 29.9 Å². The van der Waals surface area contributed by atoms with Gasteiger partial charge in [-0.1, -0.05) is 48.5 Å². The van der Waals surface area contributed by atoms with Crippen molar-refractivity contribution in [2.75, 3.05) is 18.0 Å². The van der Waals surface area contributed by atoms with Gasteiger partial charge >= 0.3 is 0 Å². The molecule has 4 rings (SSSR count). The number of para-hydroxylation sites is 1. The van der Waals surface area contributed by atoms with E-state index in [1.807, 2.05) is 41.8 Å². The summed E-state index contributed by atoms with van der Waals surface area (Å²) in [7, 11) is 0. The van der Waals surface area contributed by atoms with Crippen LogP contribution in [0.15, 0.2) is 72.1 Å². The molecule has 0 unspecified atom stereocenters. The molecule has 0 radical (unpaired) electrons. The molecule has 1 aliphatic rings. The Morgan fingerprint density at radius 3 is 2.42 bits per heavy atom. The van der Waals surface area contributed by atoms with Crippen molar-refractivity contribution < 1.29 is 9.59 Å². The average Bonchev–Trinajstić information content (AvgIpc) is 3.29. The number of nitrogens with zero attached hydrogens (tertiary/aromatic N) is 3. The Bertz CT molecular complexity index is 1090. The van der Waals surface area contributed by atoms with Gasteiger partial charge in [0, 0.05) is 44.1 Å². The minimum atomic E-state index is -0.113. The minimum Gasteiger partial charge on any atom is -0.350 e. The molecule has 2 aromatic carbocycles. The van der Waals surface area contributed by atoms with Crippen molar-refractivity contribution in [3.05, 3.63) is 83.4 Å². The summed E-state index contributed by atoms with van der Waals surface area (Å²) < 4.78 is 0. The maximum Gasteiger partial charge on any atom is 0.244 e. The van der Waals surface area contributed by atoms with Crippen molar-refractivity contribution in [1.29, 1.82) is 0 Å². The van der Waals surface area contributed by atoms with Crippen LogP contribution in [0.3, 0.4) is 0 Å². The summed E-state index contributed by atoms with van der Waals surface area (Å²) in [6, 6.07) is 20.1. The molecule has 1 fully saturated rings. The normalized spacial score (nSPS) is 14.9. The van der Waals surface area contributed by atoms with Crippen LogP contribution < -0.4 is 10.2 Å². The Morgan fingerprint density at radius 1 is 1.09 bits per heavy atom. The van der Waals surface area contributed by atoms with Crippen molar-refractivity contribution in [2.45, 2.75) is 32.4 Å². The first kappa shape index (κ1) is 22.9. The number of benzene rings is 2. The van der Waals surface area contributed by atoms with Crippen LogP contribution in [0.2, 0.25) is 0 Å². The van der Waals surface area contributed by atoms with E-state index in [4.69, 9.17) is 0 Å². The lowest BCUT2D eigenvalue weighted by Crippen LogP contribution is -2.43. The molecule has 33 heavy (non-hydrogen) atoms. The van der Waals surface area contributed by atoms with E-state index in [0.29, 0.717) is 10.8 Å². The molecule has 0 spiro atoms. The van der Waals surface area contributed by atoms with Gasteiger partial charge in [-0.05, 0) is 36.6 Å². The number of amides is 2. The quantitative estimate of drug-likeness (QED) is 0.523. The van der Waals surface area contributed by atoms with Crippen LogP contribution in [-0.4, -0.2) is 40.8 Å². The third-order valence-electron chi connectivity index (χ3n) is 5.62. The summed E-state index contributed by atoms with van der Waals surface area (Å²) in [5.41, 5.74) is 2.75. The molecule has 1 aromatic heterocycles. The number of thiazole rings is 1. The van der Waals surface area contributed by atoms with E-state index in [2.05, 4.69) is 39.5 Å². The lowest BCUT2D eigenvalue weighted by atomic mass is 10.0. The van der Waals surface area contributed by atoms with Crippen molar-refractivity contribution in [1.82, 2.24) is 15.2 Å². The first-order chi connectivity index (χ1) is 16.1. The Kier molecular flexibility index (Phi) is 7.65. The number of hydrogen-bond donors (Lipinski definition) is 1. The molecule has 0 bridgehead atoms. The van der Waals surface area contributed by atoms with E-state index in [1.54, 1.807) is 11.0 Å². The van der Waals surface area contributed by atoms with Gasteiger partial charge < -0.3 is 5.32 Å². The summed E-state index contributed by atoms with van der Waals surface area (Å²) in [5, 5.41) is 5.54. The molecule has 0 aliphatic carbocycles. The third kappa shape index (κ3) is 6.37. The molecule has 7 heteroatoms. The van der Waals surface area contributed by atoms with E-state index >= 15 is 0 Å². The number of carbonyl (C=O) groups excluding carboxylic acids is 2. The van der Waals surface area contributed by atoms with Crippen LogP contribution in [0.25, 0.3) is 6.08 Å². The van der Waals surface area contributed by atoms with E-state index in [-0.39, 0.29) is 17.9 Å². The van der Waals surface area contributed by atoms with Gasteiger partial charge in [-0.2, -0.15) is 0 Å². The van der Waals surface area contributed by atoms with Crippen molar-refractivity contribution in [3.63, 3.8) is 0 Å². The SMILES string of the molecule is CC(=O)N(c1ccccc1)c1nc(/C=C/C(=O)NC2CCN(Cc3ccccc3)CC2)cs1. The largest absolute Gasteiger partial charge is 0.350 e. The predicted octanol–water partition coefficient (Wildman–Crippen LogP) is 4.62. The topological polar surface area (TPSA) is 65.5 Å². The van der Waals surface area contributed by atoms with Crippen LogP contribution in [0.4, 0.5) is 10.8 Å². The highest BCUT2D eigenvalue weighted by Gasteiger charge is 2.20. The van der Waals surface area contributed by atoms with Gasteiger partial charge in [0.1, 0.15) is 0 Å². The van der Waals surface area contributed by atoms with Crippen LogP contribution in [0.1, 0.15) is 31.0 Å². The van der Waals surface area contributed by atoms with E-state index < -0.39 is 0 Å². The molecule has 0 atom stereocenters. The monoisotopic (exact) mass is 460 g/mol.